The summed E-state index contributed by atoms with van der Waals surface area (Å²) in [7, 11) is 0. The quantitative estimate of drug-likeness (QED) is 0.293. The van der Waals surface area contributed by atoms with Crippen LogP contribution in [0.2, 0.25) is 15.1 Å². The molecule has 33 heavy (non-hydrogen) atoms. The molecule has 1 saturated heterocycles. The summed E-state index contributed by atoms with van der Waals surface area (Å²) in [5, 5.41) is 5.30. The van der Waals surface area contributed by atoms with Crippen LogP contribution in [0.5, 0.6) is 5.75 Å². The van der Waals surface area contributed by atoms with E-state index in [2.05, 4.69) is 15.4 Å². The van der Waals surface area contributed by atoms with E-state index in [1.165, 1.54) is 19.1 Å². The molecule has 0 saturated carbocycles. The van der Waals surface area contributed by atoms with Crippen LogP contribution in [0.25, 0.3) is 0 Å². The third-order valence-corrected chi connectivity index (χ3v) is 6.26. The number of carbonyl (C=O) groups is 1. The van der Waals surface area contributed by atoms with E-state index < -0.39 is 0 Å². The number of halogens is 3. The Morgan fingerprint density at radius 1 is 0.970 bits per heavy atom. The number of nitrogens with one attached hydrogen (secondary N) is 1. The van der Waals surface area contributed by atoms with Crippen molar-refractivity contribution in [2.45, 2.75) is 19.4 Å². The number of hydrogen-bond acceptors (Lipinski definition) is 4. The van der Waals surface area contributed by atoms with Gasteiger partial charge in [-0.1, -0.05) is 53.0 Å². The van der Waals surface area contributed by atoms with Gasteiger partial charge >= 0.3 is 0 Å². The molecule has 1 amide bonds. The maximum Gasteiger partial charge on any atom is 0.271 e. The van der Waals surface area contributed by atoms with Crippen molar-refractivity contribution in [1.29, 1.82) is 0 Å². The third kappa shape index (κ3) is 5.99. The first-order valence-corrected chi connectivity index (χ1v) is 11.7. The molecule has 1 aliphatic rings. The lowest BCUT2D eigenvalue weighted by atomic mass is 10.2. The molecule has 0 aromatic heterocycles. The van der Waals surface area contributed by atoms with E-state index in [1.807, 2.05) is 30.3 Å². The molecule has 8 heteroatoms. The maximum atomic E-state index is 12.4. The number of amides is 1. The molecule has 170 valence electrons. The molecule has 1 heterocycles. The highest BCUT2D eigenvalue weighted by molar-refractivity contribution is 6.37. The zero-order valence-electron chi connectivity index (χ0n) is 17.7. The summed E-state index contributed by atoms with van der Waals surface area (Å²) in [6, 6.07) is 18.2. The fourth-order valence-corrected chi connectivity index (χ4v) is 4.39. The van der Waals surface area contributed by atoms with Crippen LogP contribution < -0.4 is 15.1 Å². The molecule has 1 N–H and O–H groups in total. The molecule has 1 fully saturated rings. The summed E-state index contributed by atoms with van der Waals surface area (Å²) >= 11 is 18.9. The number of hydrogen-bond donors (Lipinski definition) is 1. The van der Waals surface area contributed by atoms with Gasteiger partial charge in [-0.2, -0.15) is 5.10 Å². The highest BCUT2D eigenvalue weighted by Gasteiger charge is 2.13. The standard InChI is InChI=1S/C25H22Cl3N3O2/c26-21-6-2-1-5-19(21)16-33-24-22(27)13-17(14-23(24)28)15-29-30-25(32)18-7-9-20(10-8-18)31-11-3-4-12-31/h1-2,5-10,13-15H,3-4,11-12,16H2,(H,30,32)/b29-15-. The zero-order valence-corrected chi connectivity index (χ0v) is 20.0. The fraction of sp³-hybridized carbons (Fsp3) is 0.200. The van der Waals surface area contributed by atoms with Crippen LogP contribution >= 0.6 is 34.8 Å². The van der Waals surface area contributed by atoms with Crippen molar-refractivity contribution >= 4 is 52.6 Å². The second-order valence-electron chi connectivity index (χ2n) is 7.63. The van der Waals surface area contributed by atoms with Gasteiger partial charge in [-0.25, -0.2) is 5.43 Å². The monoisotopic (exact) mass is 501 g/mol. The second-order valence-corrected chi connectivity index (χ2v) is 8.86. The molecule has 3 aromatic rings. The van der Waals surface area contributed by atoms with Crippen molar-refractivity contribution in [3.05, 3.63) is 92.4 Å². The predicted octanol–water partition coefficient (Wildman–Crippen LogP) is 6.59. The minimum absolute atomic E-state index is 0.235. The summed E-state index contributed by atoms with van der Waals surface area (Å²) in [4.78, 5) is 14.7. The minimum atomic E-state index is -0.295. The molecule has 0 unspecified atom stereocenters. The van der Waals surface area contributed by atoms with Crippen LogP contribution in [0.1, 0.15) is 34.3 Å². The van der Waals surface area contributed by atoms with Crippen molar-refractivity contribution < 1.29 is 9.53 Å². The van der Waals surface area contributed by atoms with Gasteiger partial charge in [0.05, 0.1) is 16.3 Å². The summed E-state index contributed by atoms with van der Waals surface area (Å²) in [5.74, 6) is 0.0636. The van der Waals surface area contributed by atoms with E-state index in [9.17, 15) is 4.79 Å². The van der Waals surface area contributed by atoms with Gasteiger partial charge in [-0.05, 0) is 60.9 Å². The van der Waals surface area contributed by atoms with Crippen molar-refractivity contribution in [1.82, 2.24) is 5.43 Å². The van der Waals surface area contributed by atoms with Gasteiger partial charge in [-0.3, -0.25) is 4.79 Å². The Hall–Kier alpha value is -2.73. The maximum absolute atomic E-state index is 12.4. The smallest absolute Gasteiger partial charge is 0.271 e. The van der Waals surface area contributed by atoms with Crippen molar-refractivity contribution in [2.75, 3.05) is 18.0 Å². The summed E-state index contributed by atoms with van der Waals surface area (Å²) in [6.45, 7) is 2.36. The lowest BCUT2D eigenvalue weighted by Crippen LogP contribution is -2.19. The van der Waals surface area contributed by atoms with Crippen LogP contribution in [-0.2, 0) is 6.61 Å². The number of benzene rings is 3. The van der Waals surface area contributed by atoms with Gasteiger partial charge in [0, 0.05) is 34.9 Å². The van der Waals surface area contributed by atoms with Crippen molar-refractivity contribution in [3.8, 4) is 5.75 Å². The first-order chi connectivity index (χ1) is 16.0. The number of ether oxygens (including phenoxy) is 1. The number of rotatable bonds is 7. The summed E-state index contributed by atoms with van der Waals surface area (Å²) in [5.41, 5.74) is 5.65. The number of anilines is 1. The van der Waals surface area contributed by atoms with E-state index in [1.54, 1.807) is 30.3 Å². The normalized spacial score (nSPS) is 13.5. The Morgan fingerprint density at radius 3 is 2.30 bits per heavy atom. The van der Waals surface area contributed by atoms with Crippen molar-refractivity contribution in [3.63, 3.8) is 0 Å². The van der Waals surface area contributed by atoms with E-state index in [0.29, 0.717) is 31.9 Å². The van der Waals surface area contributed by atoms with Crippen LogP contribution in [0.15, 0.2) is 65.8 Å². The Balaban J connectivity index is 1.36. The highest BCUT2D eigenvalue weighted by atomic mass is 35.5. The van der Waals surface area contributed by atoms with E-state index >= 15 is 0 Å². The van der Waals surface area contributed by atoms with E-state index in [0.717, 1.165) is 24.3 Å². The third-order valence-electron chi connectivity index (χ3n) is 5.33. The van der Waals surface area contributed by atoms with Gasteiger partial charge in [0.1, 0.15) is 6.61 Å². The van der Waals surface area contributed by atoms with Crippen molar-refractivity contribution in [2.24, 2.45) is 5.10 Å². The van der Waals surface area contributed by atoms with Gasteiger partial charge in [0.15, 0.2) is 5.75 Å². The minimum Gasteiger partial charge on any atom is -0.486 e. The molecule has 0 aliphatic carbocycles. The highest BCUT2D eigenvalue weighted by Crippen LogP contribution is 2.35. The van der Waals surface area contributed by atoms with E-state index in [4.69, 9.17) is 39.5 Å². The largest absolute Gasteiger partial charge is 0.486 e. The molecule has 1 aliphatic heterocycles. The van der Waals surface area contributed by atoms with Gasteiger partial charge in [0.25, 0.3) is 5.91 Å². The molecule has 0 bridgehead atoms. The summed E-state index contributed by atoms with van der Waals surface area (Å²) in [6.07, 6.45) is 3.89. The molecule has 3 aromatic carbocycles. The number of hydrazone groups is 1. The van der Waals surface area contributed by atoms with Gasteiger partial charge in [-0.15, -0.1) is 0 Å². The number of nitrogens with zero attached hydrogens (tertiary/aromatic N) is 2. The molecular weight excluding hydrogens is 481 g/mol. The average molecular weight is 503 g/mol. The fourth-order valence-electron chi connectivity index (χ4n) is 3.59. The Morgan fingerprint density at radius 2 is 1.64 bits per heavy atom. The van der Waals surface area contributed by atoms with Crippen LogP contribution in [0.4, 0.5) is 5.69 Å². The topological polar surface area (TPSA) is 53.9 Å². The SMILES string of the molecule is O=C(N/N=C\c1cc(Cl)c(OCc2ccccc2Cl)c(Cl)c1)c1ccc(N2CCCC2)cc1. The lowest BCUT2D eigenvalue weighted by molar-refractivity contribution is 0.0955. The molecule has 0 atom stereocenters. The molecule has 5 nitrogen and oxygen atoms in total. The number of carbonyl (C=O) groups excluding carboxylic acids is 1. The predicted molar refractivity (Wildman–Crippen MR) is 135 cm³/mol. The van der Waals surface area contributed by atoms with E-state index in [-0.39, 0.29) is 12.5 Å². The van der Waals surface area contributed by atoms with Gasteiger partial charge in [0.2, 0.25) is 0 Å². The first kappa shape index (κ1) is 23.4. The van der Waals surface area contributed by atoms with Crippen LogP contribution in [0.3, 0.4) is 0 Å². The Labute approximate surface area is 207 Å². The average Bonchev–Trinajstić information content (AvgIpc) is 3.35. The molecular formula is C25H22Cl3N3O2. The molecule has 0 spiro atoms. The zero-order chi connectivity index (χ0) is 23.2. The lowest BCUT2D eigenvalue weighted by Gasteiger charge is -2.17. The molecule has 4 rings (SSSR count). The van der Waals surface area contributed by atoms with Crippen LogP contribution in [-0.4, -0.2) is 25.2 Å². The Kier molecular flexibility index (Phi) is 7.76. The first-order valence-electron chi connectivity index (χ1n) is 10.5. The molecule has 0 radical (unpaired) electrons. The van der Waals surface area contributed by atoms with Gasteiger partial charge < -0.3 is 9.64 Å². The second kappa shape index (κ2) is 10.9. The summed E-state index contributed by atoms with van der Waals surface area (Å²) < 4.78 is 5.77. The Bertz CT molecular complexity index is 1140. The van der Waals surface area contributed by atoms with Crippen LogP contribution in [0, 0.1) is 0 Å².